The number of benzene rings is 1. The highest BCUT2D eigenvalue weighted by Gasteiger charge is 2.11. The molecule has 0 fully saturated rings. The third kappa shape index (κ3) is 1.39. The van der Waals surface area contributed by atoms with Gasteiger partial charge in [0.2, 0.25) is 5.78 Å². The van der Waals surface area contributed by atoms with E-state index in [2.05, 4.69) is 16.9 Å². The highest BCUT2D eigenvalue weighted by Crippen LogP contribution is 2.18. The molecule has 0 aliphatic rings. The van der Waals surface area contributed by atoms with E-state index >= 15 is 0 Å². The maximum Gasteiger partial charge on any atom is 0.353 e. The van der Waals surface area contributed by atoms with E-state index in [-0.39, 0.29) is 5.69 Å². The van der Waals surface area contributed by atoms with Crippen molar-refractivity contribution in [1.29, 1.82) is 0 Å². The standard InChI is InChI=1S/C12H11N3O2/c1-2-7-3-4-10-8(5-7)13-12-14-9(11(16)17)6-15(10)12/h3-6H,2H2,1H3,(H,13,14)(H,16,17). The molecule has 5 heteroatoms. The van der Waals surface area contributed by atoms with E-state index in [0.29, 0.717) is 5.78 Å². The molecule has 0 aliphatic carbocycles. The number of carboxylic acids is 1. The Labute approximate surface area is 96.7 Å². The lowest BCUT2D eigenvalue weighted by Gasteiger charge is -1.95. The lowest BCUT2D eigenvalue weighted by Crippen LogP contribution is -1.95. The van der Waals surface area contributed by atoms with Crippen LogP contribution in [0.5, 0.6) is 0 Å². The molecule has 0 aliphatic heterocycles. The van der Waals surface area contributed by atoms with Crippen molar-refractivity contribution in [1.82, 2.24) is 14.4 Å². The molecule has 0 spiro atoms. The van der Waals surface area contributed by atoms with Crippen molar-refractivity contribution in [3.8, 4) is 0 Å². The average Bonchev–Trinajstić information content (AvgIpc) is 2.84. The number of carbonyl (C=O) groups is 1. The number of fused-ring (bicyclic) bond motifs is 3. The van der Waals surface area contributed by atoms with Gasteiger partial charge in [-0.3, -0.25) is 4.40 Å². The van der Waals surface area contributed by atoms with Gasteiger partial charge in [-0.15, -0.1) is 0 Å². The zero-order valence-corrected chi connectivity index (χ0v) is 9.27. The molecule has 0 bridgehead atoms. The molecule has 3 aromatic rings. The van der Waals surface area contributed by atoms with Crippen LogP contribution in [0.2, 0.25) is 0 Å². The third-order valence-corrected chi connectivity index (χ3v) is 2.90. The molecular formula is C12H11N3O2. The van der Waals surface area contributed by atoms with Crippen molar-refractivity contribution >= 4 is 22.8 Å². The predicted molar refractivity (Wildman–Crippen MR) is 63.4 cm³/mol. The van der Waals surface area contributed by atoms with E-state index in [9.17, 15) is 4.79 Å². The molecule has 2 aromatic heterocycles. The van der Waals surface area contributed by atoms with Gasteiger partial charge < -0.3 is 10.1 Å². The van der Waals surface area contributed by atoms with Gasteiger partial charge in [-0.1, -0.05) is 13.0 Å². The molecule has 0 amide bonds. The molecule has 0 saturated heterocycles. The highest BCUT2D eigenvalue weighted by atomic mass is 16.4. The molecule has 0 radical (unpaired) electrons. The lowest BCUT2D eigenvalue weighted by atomic mass is 10.1. The monoisotopic (exact) mass is 229 g/mol. The van der Waals surface area contributed by atoms with E-state index in [4.69, 9.17) is 5.11 Å². The fourth-order valence-electron chi connectivity index (χ4n) is 1.97. The normalized spacial score (nSPS) is 11.4. The van der Waals surface area contributed by atoms with Gasteiger partial charge in [-0.25, -0.2) is 9.78 Å². The summed E-state index contributed by atoms with van der Waals surface area (Å²) in [6, 6.07) is 6.02. The van der Waals surface area contributed by atoms with Crippen LogP contribution in [0, 0.1) is 0 Å². The van der Waals surface area contributed by atoms with Gasteiger partial charge in [-0.05, 0) is 24.1 Å². The number of nitrogens with one attached hydrogen (secondary N) is 1. The van der Waals surface area contributed by atoms with Crippen LogP contribution in [-0.2, 0) is 6.42 Å². The van der Waals surface area contributed by atoms with Crippen molar-refractivity contribution in [2.45, 2.75) is 13.3 Å². The van der Waals surface area contributed by atoms with Crippen molar-refractivity contribution in [3.63, 3.8) is 0 Å². The van der Waals surface area contributed by atoms with Crippen LogP contribution in [0.15, 0.2) is 24.4 Å². The first-order valence-corrected chi connectivity index (χ1v) is 5.42. The van der Waals surface area contributed by atoms with E-state index in [1.807, 2.05) is 18.2 Å². The second-order valence-electron chi connectivity index (χ2n) is 3.95. The van der Waals surface area contributed by atoms with Gasteiger partial charge in [0, 0.05) is 6.20 Å². The molecule has 2 N–H and O–H groups in total. The van der Waals surface area contributed by atoms with Crippen LogP contribution in [0.1, 0.15) is 23.0 Å². The minimum absolute atomic E-state index is 0.147. The molecule has 2 heterocycles. The number of aromatic amines is 1. The Morgan fingerprint density at radius 3 is 3.06 bits per heavy atom. The van der Waals surface area contributed by atoms with Gasteiger partial charge in [-0.2, -0.15) is 0 Å². The zero-order chi connectivity index (χ0) is 12.0. The Bertz CT molecular complexity index is 724. The topological polar surface area (TPSA) is 70.4 Å². The van der Waals surface area contributed by atoms with Crippen molar-refractivity contribution in [2.24, 2.45) is 0 Å². The van der Waals surface area contributed by atoms with Crippen LogP contribution < -0.4 is 0 Å². The third-order valence-electron chi connectivity index (χ3n) is 2.90. The summed E-state index contributed by atoms with van der Waals surface area (Å²) in [5.74, 6) is -0.417. The average molecular weight is 229 g/mol. The Hall–Kier alpha value is -2.30. The number of aromatic carboxylic acids is 1. The number of H-pyrrole nitrogens is 1. The fraction of sp³-hybridized carbons (Fsp3) is 0.167. The van der Waals surface area contributed by atoms with Gasteiger partial charge in [0.25, 0.3) is 0 Å². The summed E-state index contributed by atoms with van der Waals surface area (Å²) in [5.41, 5.74) is 3.17. The number of aryl methyl sites for hydroxylation is 1. The highest BCUT2D eigenvalue weighted by molar-refractivity contribution is 5.88. The van der Waals surface area contributed by atoms with Crippen LogP contribution >= 0.6 is 0 Å². The lowest BCUT2D eigenvalue weighted by molar-refractivity contribution is 0.0691. The fourth-order valence-corrected chi connectivity index (χ4v) is 1.97. The maximum absolute atomic E-state index is 10.8. The summed E-state index contributed by atoms with van der Waals surface area (Å²) in [6.45, 7) is 2.09. The number of aromatic nitrogens is 3. The summed E-state index contributed by atoms with van der Waals surface area (Å²) in [7, 11) is 0. The number of nitrogens with zero attached hydrogens (tertiary/aromatic N) is 2. The van der Waals surface area contributed by atoms with Gasteiger partial charge >= 0.3 is 5.97 Å². The van der Waals surface area contributed by atoms with Crippen LogP contribution in [0.4, 0.5) is 0 Å². The number of imidazole rings is 2. The van der Waals surface area contributed by atoms with Gasteiger partial charge in [0.1, 0.15) is 5.69 Å². The summed E-state index contributed by atoms with van der Waals surface area (Å²) in [6.07, 6.45) is 2.51. The Morgan fingerprint density at radius 1 is 1.53 bits per heavy atom. The molecule has 0 unspecified atom stereocenters. The summed E-state index contributed by atoms with van der Waals surface area (Å²) >= 11 is 0. The van der Waals surface area contributed by atoms with Crippen molar-refractivity contribution in [3.05, 3.63) is 35.7 Å². The molecule has 1 aromatic carbocycles. The summed E-state index contributed by atoms with van der Waals surface area (Å²) in [4.78, 5) is 18.0. The van der Waals surface area contributed by atoms with Crippen molar-refractivity contribution < 1.29 is 9.90 Å². The molecule has 17 heavy (non-hydrogen) atoms. The molecular weight excluding hydrogens is 218 g/mol. The molecule has 3 rings (SSSR count). The van der Waals surface area contributed by atoms with E-state index in [1.54, 1.807) is 10.6 Å². The van der Waals surface area contributed by atoms with Crippen LogP contribution in [-0.4, -0.2) is 25.4 Å². The number of hydrogen-bond donors (Lipinski definition) is 2. The minimum Gasteiger partial charge on any atom is -0.477 e. The van der Waals surface area contributed by atoms with Crippen LogP contribution in [0.3, 0.4) is 0 Å². The van der Waals surface area contributed by atoms with E-state index in [0.717, 1.165) is 17.5 Å². The van der Waals surface area contributed by atoms with E-state index in [1.165, 1.54) is 5.56 Å². The Balaban J connectivity index is 2.30. The Kier molecular flexibility index (Phi) is 1.95. The second kappa shape index (κ2) is 3.35. The first-order valence-electron chi connectivity index (χ1n) is 5.42. The predicted octanol–water partition coefficient (Wildman–Crippen LogP) is 2.08. The first-order chi connectivity index (χ1) is 8.19. The quantitative estimate of drug-likeness (QED) is 0.706. The van der Waals surface area contributed by atoms with Crippen LogP contribution in [0.25, 0.3) is 16.8 Å². The maximum atomic E-state index is 10.8. The number of carboxylic acid groups (broad SMARTS) is 1. The molecule has 0 saturated carbocycles. The first kappa shape index (κ1) is 9.89. The van der Waals surface area contributed by atoms with Gasteiger partial charge in [0.05, 0.1) is 11.0 Å². The van der Waals surface area contributed by atoms with Gasteiger partial charge in [0.15, 0.2) is 0 Å². The number of hydrogen-bond acceptors (Lipinski definition) is 2. The summed E-state index contributed by atoms with van der Waals surface area (Å²) in [5, 5.41) is 8.89. The minimum atomic E-state index is -0.978. The molecule has 0 atom stereocenters. The molecule has 5 nitrogen and oxygen atoms in total. The smallest absolute Gasteiger partial charge is 0.353 e. The summed E-state index contributed by atoms with van der Waals surface area (Å²) < 4.78 is 1.76. The second-order valence-corrected chi connectivity index (χ2v) is 3.95. The zero-order valence-electron chi connectivity index (χ0n) is 9.27. The van der Waals surface area contributed by atoms with E-state index < -0.39 is 5.97 Å². The largest absolute Gasteiger partial charge is 0.477 e. The van der Waals surface area contributed by atoms with Crippen molar-refractivity contribution in [2.75, 3.05) is 0 Å². The number of rotatable bonds is 2. The SMILES string of the molecule is CCc1ccc2c(c1)nc1[nH]c(C(=O)O)cn12. The molecule has 86 valence electrons. The Morgan fingerprint density at radius 2 is 2.35 bits per heavy atom.